The molecule has 1 aliphatic heterocycles. The molecule has 1 amide bonds. The fraction of sp³-hybridized carbons (Fsp3) is 0.333. The molecule has 0 bridgehead atoms. The molecule has 1 aromatic carbocycles. The number of amides is 1. The number of para-hydroxylation sites is 2. The Kier molecular flexibility index (Phi) is 6.02. The Morgan fingerprint density at radius 3 is 2.78 bits per heavy atom. The molecule has 9 heteroatoms. The van der Waals surface area contributed by atoms with Crippen molar-refractivity contribution in [3.8, 4) is 5.75 Å². The summed E-state index contributed by atoms with van der Waals surface area (Å²) in [6.07, 6.45) is 1.80. The van der Waals surface area contributed by atoms with Gasteiger partial charge in [-0.3, -0.25) is 14.9 Å². The quantitative estimate of drug-likeness (QED) is 0.409. The average Bonchev–Trinajstić information content (AvgIpc) is 3.35. The maximum absolute atomic E-state index is 12.4. The number of thiophene rings is 1. The third kappa shape index (κ3) is 4.62. The van der Waals surface area contributed by atoms with Crippen LogP contribution in [0.25, 0.3) is 0 Å². The first-order valence-corrected chi connectivity index (χ1v) is 9.29. The standard InChI is InChI=1S/C18H18N2O6S/c21-17(19-9-3-6-14(19)16-8-4-10-27-16)11-26-18(22)12-25-15-7-2-1-5-13(15)20(23)24/h1-2,4-5,7-8,10,14H,3,6,9,11-12H2. The van der Waals surface area contributed by atoms with E-state index in [4.69, 9.17) is 9.47 Å². The van der Waals surface area contributed by atoms with Crippen LogP contribution in [0, 0.1) is 10.1 Å². The SMILES string of the molecule is O=C(COc1ccccc1[N+](=O)[O-])OCC(=O)N1CCCC1c1cccs1. The summed E-state index contributed by atoms with van der Waals surface area (Å²) in [7, 11) is 0. The van der Waals surface area contributed by atoms with Gasteiger partial charge >= 0.3 is 11.7 Å². The molecule has 142 valence electrons. The maximum Gasteiger partial charge on any atom is 0.344 e. The fourth-order valence-electron chi connectivity index (χ4n) is 2.98. The maximum atomic E-state index is 12.4. The number of carbonyl (C=O) groups is 2. The Morgan fingerprint density at radius 2 is 2.04 bits per heavy atom. The van der Waals surface area contributed by atoms with E-state index in [9.17, 15) is 19.7 Å². The number of nitrogens with zero attached hydrogens (tertiary/aromatic N) is 2. The molecule has 1 unspecified atom stereocenters. The summed E-state index contributed by atoms with van der Waals surface area (Å²) in [4.78, 5) is 37.4. The van der Waals surface area contributed by atoms with Crippen molar-refractivity contribution in [2.24, 2.45) is 0 Å². The smallest absolute Gasteiger partial charge is 0.344 e. The first-order valence-electron chi connectivity index (χ1n) is 8.41. The average molecular weight is 390 g/mol. The Hall–Kier alpha value is -2.94. The van der Waals surface area contributed by atoms with Gasteiger partial charge in [0.05, 0.1) is 11.0 Å². The Labute approximate surface area is 159 Å². The molecule has 2 aromatic rings. The number of hydrogen-bond donors (Lipinski definition) is 0. The molecule has 0 radical (unpaired) electrons. The molecule has 1 atom stereocenters. The van der Waals surface area contributed by atoms with Crippen molar-refractivity contribution in [3.05, 3.63) is 56.8 Å². The minimum atomic E-state index is -0.756. The lowest BCUT2D eigenvalue weighted by molar-refractivity contribution is -0.385. The van der Waals surface area contributed by atoms with Gasteiger partial charge < -0.3 is 14.4 Å². The molecular formula is C18H18N2O6S. The second kappa shape index (κ2) is 8.63. The van der Waals surface area contributed by atoms with Gasteiger partial charge in [0.2, 0.25) is 0 Å². The Bertz CT molecular complexity index is 823. The van der Waals surface area contributed by atoms with E-state index in [0.29, 0.717) is 6.54 Å². The van der Waals surface area contributed by atoms with Crippen LogP contribution >= 0.6 is 11.3 Å². The zero-order valence-electron chi connectivity index (χ0n) is 14.4. The van der Waals surface area contributed by atoms with E-state index in [1.165, 1.54) is 18.2 Å². The van der Waals surface area contributed by atoms with Crippen molar-refractivity contribution in [2.45, 2.75) is 18.9 Å². The second-order valence-corrected chi connectivity index (χ2v) is 6.91. The minimum Gasteiger partial charge on any atom is -0.475 e. The number of likely N-dealkylation sites (tertiary alicyclic amines) is 1. The first kappa shape index (κ1) is 18.8. The molecular weight excluding hydrogens is 372 g/mol. The van der Waals surface area contributed by atoms with Gasteiger partial charge in [0.1, 0.15) is 0 Å². The number of nitro groups is 1. The topological polar surface area (TPSA) is 99.0 Å². The molecule has 0 spiro atoms. The summed E-state index contributed by atoms with van der Waals surface area (Å²) in [5.41, 5.74) is -0.239. The lowest BCUT2D eigenvalue weighted by atomic mass is 10.2. The molecule has 1 saturated heterocycles. The fourth-order valence-corrected chi connectivity index (χ4v) is 3.85. The van der Waals surface area contributed by atoms with Gasteiger partial charge in [0.25, 0.3) is 5.91 Å². The molecule has 3 rings (SSSR count). The van der Waals surface area contributed by atoms with Gasteiger partial charge in [0, 0.05) is 17.5 Å². The van der Waals surface area contributed by atoms with E-state index >= 15 is 0 Å². The molecule has 1 aromatic heterocycles. The van der Waals surface area contributed by atoms with Crippen molar-refractivity contribution >= 4 is 28.9 Å². The number of carbonyl (C=O) groups excluding carboxylic acids is 2. The van der Waals surface area contributed by atoms with E-state index in [1.807, 2.05) is 17.5 Å². The zero-order chi connectivity index (χ0) is 19.2. The minimum absolute atomic E-state index is 0.0249. The van der Waals surface area contributed by atoms with Crippen LogP contribution in [-0.4, -0.2) is 41.5 Å². The molecule has 8 nitrogen and oxygen atoms in total. The second-order valence-electron chi connectivity index (χ2n) is 5.93. The summed E-state index contributed by atoms with van der Waals surface area (Å²) in [6.45, 7) is -0.251. The molecule has 0 aliphatic carbocycles. The Balaban J connectivity index is 1.49. The van der Waals surface area contributed by atoms with Gasteiger partial charge in [0.15, 0.2) is 19.0 Å². The largest absolute Gasteiger partial charge is 0.475 e. The number of esters is 1. The molecule has 2 heterocycles. The molecule has 1 aliphatic rings. The molecule has 0 saturated carbocycles. The summed E-state index contributed by atoms with van der Waals surface area (Å²) >= 11 is 1.60. The van der Waals surface area contributed by atoms with E-state index in [-0.39, 0.29) is 30.0 Å². The van der Waals surface area contributed by atoms with Crippen LogP contribution < -0.4 is 4.74 Å². The third-order valence-electron chi connectivity index (χ3n) is 4.21. The van der Waals surface area contributed by atoms with Gasteiger partial charge in [-0.25, -0.2) is 4.79 Å². The summed E-state index contributed by atoms with van der Waals surface area (Å²) < 4.78 is 10.1. The highest BCUT2D eigenvalue weighted by molar-refractivity contribution is 7.10. The first-order chi connectivity index (χ1) is 13.1. The highest BCUT2D eigenvalue weighted by Gasteiger charge is 2.31. The van der Waals surface area contributed by atoms with Gasteiger partial charge in [-0.2, -0.15) is 0 Å². The van der Waals surface area contributed by atoms with Crippen LogP contribution in [0.5, 0.6) is 5.75 Å². The number of ether oxygens (including phenoxy) is 2. The summed E-state index contributed by atoms with van der Waals surface area (Å²) in [6, 6.07) is 9.71. The number of benzene rings is 1. The number of rotatable bonds is 7. The van der Waals surface area contributed by atoms with Gasteiger partial charge in [-0.1, -0.05) is 18.2 Å². The van der Waals surface area contributed by atoms with E-state index in [0.717, 1.165) is 17.7 Å². The summed E-state index contributed by atoms with van der Waals surface area (Å²) in [5.74, 6) is -1.04. The molecule has 0 N–H and O–H groups in total. The summed E-state index contributed by atoms with van der Waals surface area (Å²) in [5, 5.41) is 12.9. The normalized spacial score (nSPS) is 16.1. The molecule has 27 heavy (non-hydrogen) atoms. The highest BCUT2D eigenvalue weighted by Crippen LogP contribution is 2.34. The van der Waals surface area contributed by atoms with Crippen LogP contribution in [0.3, 0.4) is 0 Å². The third-order valence-corrected chi connectivity index (χ3v) is 5.18. The van der Waals surface area contributed by atoms with Crippen molar-refractivity contribution in [1.82, 2.24) is 4.90 Å². The van der Waals surface area contributed by atoms with Crippen molar-refractivity contribution in [2.75, 3.05) is 19.8 Å². The van der Waals surface area contributed by atoms with E-state index in [1.54, 1.807) is 22.3 Å². The van der Waals surface area contributed by atoms with Crippen LogP contribution in [0.15, 0.2) is 41.8 Å². The van der Waals surface area contributed by atoms with E-state index < -0.39 is 17.5 Å². The predicted octanol–water partition coefficient (Wildman–Crippen LogP) is 2.94. The van der Waals surface area contributed by atoms with Crippen molar-refractivity contribution < 1.29 is 24.0 Å². The predicted molar refractivity (Wildman–Crippen MR) is 97.6 cm³/mol. The van der Waals surface area contributed by atoms with E-state index in [2.05, 4.69) is 0 Å². The van der Waals surface area contributed by atoms with Gasteiger partial charge in [-0.05, 0) is 30.4 Å². The lowest BCUT2D eigenvalue weighted by Crippen LogP contribution is -2.34. The monoisotopic (exact) mass is 390 g/mol. The van der Waals surface area contributed by atoms with Crippen LogP contribution in [0.2, 0.25) is 0 Å². The van der Waals surface area contributed by atoms with Crippen molar-refractivity contribution in [1.29, 1.82) is 0 Å². The number of hydrogen-bond acceptors (Lipinski definition) is 7. The Morgan fingerprint density at radius 1 is 1.22 bits per heavy atom. The van der Waals surface area contributed by atoms with Gasteiger partial charge in [-0.15, -0.1) is 11.3 Å². The molecule has 1 fully saturated rings. The van der Waals surface area contributed by atoms with Crippen molar-refractivity contribution in [3.63, 3.8) is 0 Å². The zero-order valence-corrected chi connectivity index (χ0v) is 15.2. The van der Waals surface area contributed by atoms with Crippen LogP contribution in [0.1, 0.15) is 23.8 Å². The van der Waals surface area contributed by atoms with Crippen LogP contribution in [0.4, 0.5) is 5.69 Å². The number of nitro benzene ring substituents is 1. The lowest BCUT2D eigenvalue weighted by Gasteiger charge is -2.23. The van der Waals surface area contributed by atoms with Crippen LogP contribution in [-0.2, 0) is 14.3 Å². The highest BCUT2D eigenvalue weighted by atomic mass is 32.1.